The molecule has 1 aliphatic rings. The summed E-state index contributed by atoms with van der Waals surface area (Å²) in [5, 5.41) is 0. The second-order valence-corrected chi connectivity index (χ2v) is 12.9. The van der Waals surface area contributed by atoms with Gasteiger partial charge in [0.05, 0.1) is 46.2 Å². The minimum Gasteiger partial charge on any atom is -0.493 e. The van der Waals surface area contributed by atoms with Gasteiger partial charge in [-0.3, -0.25) is 14.2 Å². The van der Waals surface area contributed by atoms with E-state index in [0.29, 0.717) is 49.0 Å². The van der Waals surface area contributed by atoms with Crippen molar-refractivity contribution < 1.29 is 28.5 Å². The number of fused-ring (bicyclic) bond motifs is 1. The number of aromatic nitrogens is 1. The zero-order valence-electron chi connectivity index (χ0n) is 24.1. The molecule has 0 amide bonds. The summed E-state index contributed by atoms with van der Waals surface area (Å²) in [4.78, 5) is 45.2. The van der Waals surface area contributed by atoms with Crippen LogP contribution in [0.25, 0.3) is 11.8 Å². The van der Waals surface area contributed by atoms with E-state index in [4.69, 9.17) is 23.9 Å². The monoisotopic (exact) mass is 836 g/mol. The molecule has 0 aliphatic carbocycles. The van der Waals surface area contributed by atoms with Crippen LogP contribution in [0, 0.1) is 7.14 Å². The Morgan fingerprint density at radius 1 is 1.02 bits per heavy atom. The summed E-state index contributed by atoms with van der Waals surface area (Å²) in [6, 6.07) is 17.4. The van der Waals surface area contributed by atoms with Gasteiger partial charge in [0.15, 0.2) is 22.0 Å². The predicted molar refractivity (Wildman–Crippen MR) is 184 cm³/mol. The molecule has 5 rings (SSSR count). The molecule has 0 saturated carbocycles. The van der Waals surface area contributed by atoms with Crippen LogP contribution in [-0.2, 0) is 14.3 Å². The van der Waals surface area contributed by atoms with E-state index in [1.807, 2.05) is 42.5 Å². The smallest absolute Gasteiger partial charge is 0.338 e. The van der Waals surface area contributed by atoms with Crippen LogP contribution in [0.5, 0.6) is 17.2 Å². The molecular formula is C32H26I2N2O7S. The number of halogens is 2. The molecule has 0 fully saturated rings. The second kappa shape index (κ2) is 13.6. The first-order chi connectivity index (χ1) is 21.2. The van der Waals surface area contributed by atoms with Crippen molar-refractivity contribution in [1.82, 2.24) is 4.57 Å². The molecule has 1 aliphatic heterocycles. The normalized spacial score (nSPS) is 14.5. The lowest BCUT2D eigenvalue weighted by molar-refractivity contribution is -0.139. The van der Waals surface area contributed by atoms with Crippen LogP contribution >= 0.6 is 56.5 Å². The lowest BCUT2D eigenvalue weighted by atomic mass is 9.93. The average Bonchev–Trinajstić information content (AvgIpc) is 3.32. The first-order valence-corrected chi connectivity index (χ1v) is 16.3. The summed E-state index contributed by atoms with van der Waals surface area (Å²) >= 11 is 5.46. The van der Waals surface area contributed by atoms with Crippen molar-refractivity contribution in [2.24, 2.45) is 4.99 Å². The largest absolute Gasteiger partial charge is 0.493 e. The summed E-state index contributed by atoms with van der Waals surface area (Å²) in [5.41, 5.74) is 2.12. The van der Waals surface area contributed by atoms with E-state index in [1.165, 1.54) is 37.0 Å². The van der Waals surface area contributed by atoms with Crippen LogP contribution in [0.4, 0.5) is 0 Å². The molecule has 0 spiro atoms. The maximum atomic E-state index is 14.3. The number of hydrogen-bond donors (Lipinski definition) is 0. The average molecular weight is 836 g/mol. The van der Waals surface area contributed by atoms with Gasteiger partial charge in [-0.25, -0.2) is 9.79 Å². The number of rotatable bonds is 8. The highest BCUT2D eigenvalue weighted by atomic mass is 127. The third-order valence-corrected chi connectivity index (χ3v) is 9.07. The van der Waals surface area contributed by atoms with E-state index in [9.17, 15) is 14.4 Å². The molecule has 1 atom stereocenters. The maximum Gasteiger partial charge on any atom is 0.338 e. The van der Waals surface area contributed by atoms with Gasteiger partial charge in [0, 0.05) is 21.6 Å². The number of carbonyl (C=O) groups excluding carboxylic acids is 2. The Labute approximate surface area is 284 Å². The molecule has 12 heteroatoms. The van der Waals surface area contributed by atoms with Crippen LogP contribution in [0.15, 0.2) is 76.0 Å². The quantitative estimate of drug-likeness (QED) is 0.139. The number of ether oxygens (including phenoxy) is 4. The first kappa shape index (κ1) is 31.9. The molecule has 226 valence electrons. The summed E-state index contributed by atoms with van der Waals surface area (Å²) < 4.78 is 25.6. The van der Waals surface area contributed by atoms with Crippen LogP contribution in [-0.4, -0.2) is 37.3 Å². The molecule has 0 radical (unpaired) electrons. The van der Waals surface area contributed by atoms with Gasteiger partial charge < -0.3 is 18.9 Å². The molecule has 2 heterocycles. The van der Waals surface area contributed by atoms with Gasteiger partial charge in [0.1, 0.15) is 0 Å². The number of thiazole rings is 1. The summed E-state index contributed by atoms with van der Waals surface area (Å²) in [7, 11) is 3.06. The van der Waals surface area contributed by atoms with E-state index in [-0.39, 0.29) is 17.7 Å². The lowest BCUT2D eigenvalue weighted by Crippen LogP contribution is -2.40. The molecule has 0 saturated heterocycles. The Balaban J connectivity index is 1.86. The number of methoxy groups -OCH3 is 2. The van der Waals surface area contributed by atoms with E-state index in [1.54, 1.807) is 31.2 Å². The van der Waals surface area contributed by atoms with Crippen molar-refractivity contribution in [2.75, 3.05) is 20.8 Å². The highest BCUT2D eigenvalue weighted by Gasteiger charge is 2.35. The Bertz CT molecular complexity index is 1980. The topological polar surface area (TPSA) is 105 Å². The highest BCUT2D eigenvalue weighted by Crippen LogP contribution is 2.38. The van der Waals surface area contributed by atoms with Crippen molar-refractivity contribution in [1.29, 1.82) is 0 Å². The lowest BCUT2D eigenvalue weighted by Gasteiger charge is -2.26. The number of benzene rings is 3. The Hall–Kier alpha value is -3.50. The first-order valence-electron chi connectivity index (χ1n) is 13.3. The van der Waals surface area contributed by atoms with E-state index in [2.05, 4.69) is 45.2 Å². The Morgan fingerprint density at radius 3 is 2.41 bits per heavy atom. The van der Waals surface area contributed by atoms with Crippen LogP contribution in [0.2, 0.25) is 0 Å². The van der Waals surface area contributed by atoms with Crippen molar-refractivity contribution in [2.45, 2.75) is 19.9 Å². The standard InChI is InChI=1S/C32H26I2N2O7S/c1-5-42-31(39)26-27(18-9-7-6-8-10-18)35-32-36(28(26)19-11-12-23(40-3)24(14-19)41-4)30(38)25(44-32)15-20-13-21(33)16-22(34)29(20)43-17(2)37/h6-16,28H,5H2,1-4H3/b25-15-/t28-/m0/s1. The van der Waals surface area contributed by atoms with Gasteiger partial charge in [-0.2, -0.15) is 0 Å². The van der Waals surface area contributed by atoms with Gasteiger partial charge in [-0.15, -0.1) is 0 Å². The zero-order chi connectivity index (χ0) is 31.5. The molecule has 44 heavy (non-hydrogen) atoms. The SMILES string of the molecule is CCOC(=O)C1=C(c2ccccc2)N=c2s/c(=C\c3cc(I)cc(I)c3OC(C)=O)c(=O)n2[C@H]1c1ccc(OC)c(OC)c1. The second-order valence-electron chi connectivity index (χ2n) is 9.45. The number of hydrogen-bond acceptors (Lipinski definition) is 9. The van der Waals surface area contributed by atoms with Crippen LogP contribution in [0.3, 0.4) is 0 Å². The van der Waals surface area contributed by atoms with Crippen molar-refractivity contribution >= 4 is 80.2 Å². The molecule has 9 nitrogen and oxygen atoms in total. The molecule has 0 bridgehead atoms. The highest BCUT2D eigenvalue weighted by molar-refractivity contribution is 14.1. The van der Waals surface area contributed by atoms with E-state index < -0.39 is 18.0 Å². The number of esters is 2. The third-order valence-electron chi connectivity index (χ3n) is 6.67. The summed E-state index contributed by atoms with van der Waals surface area (Å²) in [6.07, 6.45) is 1.69. The molecule has 3 aromatic carbocycles. The van der Waals surface area contributed by atoms with Crippen molar-refractivity contribution in [3.05, 3.63) is 110 Å². The molecule has 4 aromatic rings. The minimum atomic E-state index is -0.897. The number of carbonyl (C=O) groups is 2. The van der Waals surface area contributed by atoms with Gasteiger partial charge in [0.25, 0.3) is 5.56 Å². The van der Waals surface area contributed by atoms with Gasteiger partial charge in [-0.05, 0) is 88.0 Å². The van der Waals surface area contributed by atoms with Crippen molar-refractivity contribution in [3.8, 4) is 17.2 Å². The molecule has 0 unspecified atom stereocenters. The van der Waals surface area contributed by atoms with Crippen LogP contribution in [0.1, 0.15) is 36.6 Å². The van der Waals surface area contributed by atoms with Gasteiger partial charge >= 0.3 is 11.9 Å². The summed E-state index contributed by atoms with van der Waals surface area (Å²) in [6.45, 7) is 3.19. The van der Waals surface area contributed by atoms with Crippen molar-refractivity contribution in [3.63, 3.8) is 0 Å². The molecule has 0 N–H and O–H groups in total. The van der Waals surface area contributed by atoms with Crippen LogP contribution < -0.4 is 29.1 Å². The van der Waals surface area contributed by atoms with Gasteiger partial charge in [-0.1, -0.05) is 47.7 Å². The maximum absolute atomic E-state index is 14.3. The van der Waals surface area contributed by atoms with Gasteiger partial charge in [0.2, 0.25) is 0 Å². The fraction of sp³-hybridized carbons (Fsp3) is 0.188. The number of nitrogens with zero attached hydrogens (tertiary/aromatic N) is 2. The molecular weight excluding hydrogens is 810 g/mol. The fourth-order valence-electron chi connectivity index (χ4n) is 4.86. The van der Waals surface area contributed by atoms with E-state index >= 15 is 0 Å². The third kappa shape index (κ3) is 6.33. The minimum absolute atomic E-state index is 0.137. The summed E-state index contributed by atoms with van der Waals surface area (Å²) in [5.74, 6) is 0.236. The fourth-order valence-corrected chi connectivity index (χ4v) is 7.85. The zero-order valence-corrected chi connectivity index (χ0v) is 29.2. The molecule has 1 aromatic heterocycles. The predicted octanol–water partition coefficient (Wildman–Crippen LogP) is 5.09. The Morgan fingerprint density at radius 2 is 1.75 bits per heavy atom. The van der Waals surface area contributed by atoms with E-state index in [0.717, 1.165) is 7.14 Å². The Kier molecular flexibility index (Phi) is 9.90.